The van der Waals surface area contributed by atoms with Crippen molar-refractivity contribution >= 4 is 21.8 Å². The third-order valence-corrected chi connectivity index (χ3v) is 4.70. The second kappa shape index (κ2) is 8.90. The lowest BCUT2D eigenvalue weighted by Gasteiger charge is -2.26. The van der Waals surface area contributed by atoms with Crippen molar-refractivity contribution in [1.82, 2.24) is 4.90 Å². The van der Waals surface area contributed by atoms with E-state index in [1.54, 1.807) is 24.1 Å². The van der Waals surface area contributed by atoms with Crippen molar-refractivity contribution in [3.8, 4) is 11.5 Å². The number of nitrogens with zero attached hydrogens (tertiary/aromatic N) is 1. The van der Waals surface area contributed by atoms with Crippen molar-refractivity contribution < 1.29 is 14.3 Å². The fourth-order valence-electron chi connectivity index (χ4n) is 2.52. The molecule has 0 aromatic heterocycles. The molecule has 0 spiro atoms. The quantitative estimate of drug-likeness (QED) is 0.644. The van der Waals surface area contributed by atoms with E-state index in [2.05, 4.69) is 15.9 Å². The van der Waals surface area contributed by atoms with Gasteiger partial charge >= 0.3 is 0 Å². The van der Waals surface area contributed by atoms with Gasteiger partial charge in [0.15, 0.2) is 11.5 Å². The van der Waals surface area contributed by atoms with Gasteiger partial charge in [-0.1, -0.05) is 37.3 Å². The van der Waals surface area contributed by atoms with Crippen molar-refractivity contribution in [1.29, 1.82) is 0 Å². The van der Waals surface area contributed by atoms with Crippen LogP contribution in [0.2, 0.25) is 0 Å². The summed E-state index contributed by atoms with van der Waals surface area (Å²) < 4.78 is 11.8. The van der Waals surface area contributed by atoms with Gasteiger partial charge in [0, 0.05) is 12.6 Å². The van der Waals surface area contributed by atoms with Crippen molar-refractivity contribution in [2.45, 2.75) is 26.3 Å². The smallest absolute Gasteiger partial charge is 0.254 e. The summed E-state index contributed by atoms with van der Waals surface area (Å²) in [4.78, 5) is 14.6. The summed E-state index contributed by atoms with van der Waals surface area (Å²) in [5.74, 6) is 1.10. The number of methoxy groups -OCH3 is 1. The second-order valence-corrected chi connectivity index (χ2v) is 6.69. The standard InChI is InChI=1S/C20H24BrNO3/c1-5-11-25-19-17(21)12-16(13-18(19)24-4)20(23)22(3)14(2)15-9-7-6-8-10-15/h6-10,12-14H,5,11H2,1-4H3. The molecule has 25 heavy (non-hydrogen) atoms. The zero-order valence-electron chi connectivity index (χ0n) is 15.1. The van der Waals surface area contributed by atoms with Crippen LogP contribution in [0.1, 0.15) is 42.2 Å². The normalized spacial score (nSPS) is 11.7. The summed E-state index contributed by atoms with van der Waals surface area (Å²) in [7, 11) is 3.38. The van der Waals surface area contributed by atoms with Crippen LogP contribution < -0.4 is 9.47 Å². The monoisotopic (exact) mass is 405 g/mol. The molecule has 2 aromatic carbocycles. The Balaban J connectivity index is 2.28. The van der Waals surface area contributed by atoms with Crippen LogP contribution in [0.25, 0.3) is 0 Å². The highest BCUT2D eigenvalue weighted by atomic mass is 79.9. The van der Waals surface area contributed by atoms with Gasteiger partial charge in [-0.25, -0.2) is 0 Å². The molecule has 0 saturated heterocycles. The number of rotatable bonds is 7. The molecule has 0 saturated carbocycles. The molecule has 1 atom stereocenters. The molecular weight excluding hydrogens is 382 g/mol. The SMILES string of the molecule is CCCOc1c(Br)cc(C(=O)N(C)C(C)c2ccccc2)cc1OC. The van der Waals surface area contributed by atoms with Crippen LogP contribution in [0, 0.1) is 0 Å². The number of ether oxygens (including phenoxy) is 2. The molecule has 0 radical (unpaired) electrons. The zero-order chi connectivity index (χ0) is 18.4. The van der Waals surface area contributed by atoms with Crippen molar-refractivity contribution in [3.63, 3.8) is 0 Å². The molecule has 1 amide bonds. The first-order valence-electron chi connectivity index (χ1n) is 8.32. The molecule has 0 N–H and O–H groups in total. The molecule has 0 aliphatic carbocycles. The van der Waals surface area contributed by atoms with E-state index in [1.807, 2.05) is 51.2 Å². The minimum absolute atomic E-state index is 0.0329. The number of carbonyl (C=O) groups excluding carboxylic acids is 1. The molecule has 1 unspecified atom stereocenters. The van der Waals surface area contributed by atoms with Crippen LogP contribution in [-0.2, 0) is 0 Å². The Morgan fingerprint density at radius 2 is 1.92 bits per heavy atom. The predicted molar refractivity (Wildman–Crippen MR) is 103 cm³/mol. The lowest BCUT2D eigenvalue weighted by molar-refractivity contribution is 0.0742. The van der Waals surface area contributed by atoms with Gasteiger partial charge in [0.25, 0.3) is 5.91 Å². The number of halogens is 1. The van der Waals surface area contributed by atoms with Crippen LogP contribution in [0.5, 0.6) is 11.5 Å². The number of benzene rings is 2. The number of amides is 1. The molecular formula is C20H24BrNO3. The average Bonchev–Trinajstić information content (AvgIpc) is 2.65. The summed E-state index contributed by atoms with van der Waals surface area (Å²) in [5.41, 5.74) is 1.64. The maximum absolute atomic E-state index is 12.9. The maximum atomic E-state index is 12.9. The minimum Gasteiger partial charge on any atom is -0.493 e. The Bertz CT molecular complexity index is 718. The zero-order valence-corrected chi connectivity index (χ0v) is 16.7. The molecule has 0 heterocycles. The van der Waals surface area contributed by atoms with Crippen molar-refractivity contribution in [3.05, 3.63) is 58.1 Å². The molecule has 5 heteroatoms. The molecule has 2 aromatic rings. The predicted octanol–water partition coefficient (Wildman–Crippen LogP) is 5.08. The van der Waals surface area contributed by atoms with Crippen LogP contribution in [0.3, 0.4) is 0 Å². The third-order valence-electron chi connectivity index (χ3n) is 4.11. The molecule has 0 fully saturated rings. The van der Waals surface area contributed by atoms with Gasteiger partial charge in [-0.05, 0) is 47.0 Å². The summed E-state index contributed by atoms with van der Waals surface area (Å²) in [6, 6.07) is 13.4. The summed E-state index contributed by atoms with van der Waals surface area (Å²) in [5, 5.41) is 0. The first kappa shape index (κ1) is 19.3. The Morgan fingerprint density at radius 3 is 2.52 bits per heavy atom. The maximum Gasteiger partial charge on any atom is 0.254 e. The van der Waals surface area contributed by atoms with Gasteiger partial charge in [-0.2, -0.15) is 0 Å². The van der Waals surface area contributed by atoms with Gasteiger partial charge in [0.05, 0.1) is 24.2 Å². The van der Waals surface area contributed by atoms with Gasteiger partial charge in [0.2, 0.25) is 0 Å². The van der Waals surface area contributed by atoms with Crippen LogP contribution in [0.4, 0.5) is 0 Å². The summed E-state index contributed by atoms with van der Waals surface area (Å²) >= 11 is 3.49. The van der Waals surface area contributed by atoms with E-state index in [0.29, 0.717) is 28.1 Å². The Morgan fingerprint density at radius 1 is 1.24 bits per heavy atom. The fourth-order valence-corrected chi connectivity index (χ4v) is 3.08. The molecule has 0 aliphatic rings. The lowest BCUT2D eigenvalue weighted by atomic mass is 10.1. The Kier molecular flexibility index (Phi) is 6.88. The third kappa shape index (κ3) is 4.54. The van der Waals surface area contributed by atoms with E-state index in [4.69, 9.17) is 9.47 Å². The number of hydrogen-bond acceptors (Lipinski definition) is 3. The summed E-state index contributed by atoms with van der Waals surface area (Å²) in [6.45, 7) is 4.64. The molecule has 2 rings (SSSR count). The van der Waals surface area contributed by atoms with Crippen LogP contribution in [0.15, 0.2) is 46.9 Å². The number of carbonyl (C=O) groups is 1. The van der Waals surface area contributed by atoms with E-state index in [9.17, 15) is 4.79 Å². The highest BCUT2D eigenvalue weighted by molar-refractivity contribution is 9.10. The van der Waals surface area contributed by atoms with Crippen molar-refractivity contribution in [2.24, 2.45) is 0 Å². The van der Waals surface area contributed by atoms with Crippen LogP contribution >= 0.6 is 15.9 Å². The average molecular weight is 406 g/mol. The molecule has 4 nitrogen and oxygen atoms in total. The molecule has 0 bridgehead atoms. The van der Waals surface area contributed by atoms with E-state index in [1.165, 1.54) is 0 Å². The second-order valence-electron chi connectivity index (χ2n) is 5.84. The summed E-state index contributed by atoms with van der Waals surface area (Å²) in [6.07, 6.45) is 0.896. The first-order valence-corrected chi connectivity index (χ1v) is 9.11. The van der Waals surface area contributed by atoms with Crippen LogP contribution in [-0.4, -0.2) is 31.6 Å². The highest BCUT2D eigenvalue weighted by Gasteiger charge is 2.22. The van der Waals surface area contributed by atoms with Crippen molar-refractivity contribution in [2.75, 3.05) is 20.8 Å². The first-order chi connectivity index (χ1) is 12.0. The largest absolute Gasteiger partial charge is 0.493 e. The van der Waals surface area contributed by atoms with Gasteiger partial charge in [0.1, 0.15) is 0 Å². The van der Waals surface area contributed by atoms with Gasteiger partial charge in [-0.15, -0.1) is 0 Å². The topological polar surface area (TPSA) is 38.8 Å². The fraction of sp³-hybridized carbons (Fsp3) is 0.350. The Hall–Kier alpha value is -2.01. The molecule has 134 valence electrons. The Labute approximate surface area is 157 Å². The lowest BCUT2D eigenvalue weighted by Crippen LogP contribution is -2.29. The van der Waals surface area contributed by atoms with E-state index in [-0.39, 0.29) is 11.9 Å². The molecule has 0 aliphatic heterocycles. The van der Waals surface area contributed by atoms with Gasteiger partial charge < -0.3 is 14.4 Å². The minimum atomic E-state index is -0.0719. The van der Waals surface area contributed by atoms with E-state index in [0.717, 1.165) is 12.0 Å². The van der Waals surface area contributed by atoms with E-state index < -0.39 is 0 Å². The van der Waals surface area contributed by atoms with Gasteiger partial charge in [-0.3, -0.25) is 4.79 Å². The highest BCUT2D eigenvalue weighted by Crippen LogP contribution is 2.37. The number of hydrogen-bond donors (Lipinski definition) is 0. The van der Waals surface area contributed by atoms with E-state index >= 15 is 0 Å².